The Labute approximate surface area is 125 Å². The monoisotopic (exact) mass is 285 g/mol. The second-order valence-electron chi connectivity index (χ2n) is 5.90. The molecule has 1 aliphatic carbocycles. The van der Waals surface area contributed by atoms with Gasteiger partial charge in [0.15, 0.2) is 0 Å². The van der Waals surface area contributed by atoms with Crippen molar-refractivity contribution in [2.24, 2.45) is 0 Å². The van der Waals surface area contributed by atoms with Gasteiger partial charge < -0.3 is 4.90 Å². The van der Waals surface area contributed by atoms with Crippen LogP contribution in [0.2, 0.25) is 0 Å². The van der Waals surface area contributed by atoms with Crippen LogP contribution in [0.25, 0.3) is 5.65 Å². The van der Waals surface area contributed by atoms with Crippen LogP contribution in [0.1, 0.15) is 55.2 Å². The summed E-state index contributed by atoms with van der Waals surface area (Å²) in [4.78, 5) is 19.5. The average Bonchev–Trinajstić information content (AvgIpc) is 2.92. The molecule has 0 radical (unpaired) electrons. The number of aryl methyl sites for hydroxylation is 1. The largest absolute Gasteiger partial charge is 0.337 e. The molecule has 0 spiro atoms. The van der Waals surface area contributed by atoms with Gasteiger partial charge in [-0.05, 0) is 31.4 Å². The molecule has 2 heterocycles. The van der Waals surface area contributed by atoms with Gasteiger partial charge in [0.25, 0.3) is 5.91 Å². The minimum atomic E-state index is 0.109. The number of nitrogens with zero attached hydrogens (tertiary/aromatic N) is 3. The number of pyridine rings is 1. The Bertz CT molecular complexity index is 641. The molecular formula is C17H23N3O. The van der Waals surface area contributed by atoms with E-state index in [-0.39, 0.29) is 5.91 Å². The zero-order valence-corrected chi connectivity index (χ0v) is 12.9. The van der Waals surface area contributed by atoms with E-state index in [1.54, 1.807) is 0 Å². The summed E-state index contributed by atoms with van der Waals surface area (Å²) in [6, 6.07) is 6.24. The third kappa shape index (κ3) is 2.55. The van der Waals surface area contributed by atoms with E-state index in [1.807, 2.05) is 40.7 Å². The Kier molecular flexibility index (Phi) is 3.95. The molecule has 2 aromatic heterocycles. The molecule has 0 unspecified atom stereocenters. The van der Waals surface area contributed by atoms with Crippen molar-refractivity contribution >= 4 is 11.6 Å². The average molecular weight is 285 g/mol. The van der Waals surface area contributed by atoms with Crippen LogP contribution in [0.5, 0.6) is 0 Å². The Balaban J connectivity index is 1.96. The standard InChI is InChI=1S/C17H23N3O/c1-3-14-16(20-12-8-7-11-15(20)18-14)17(21)19(2)13-9-5-4-6-10-13/h7-8,11-13H,3-6,9-10H2,1-2H3. The molecule has 1 aliphatic rings. The second kappa shape index (κ2) is 5.88. The van der Waals surface area contributed by atoms with E-state index in [4.69, 9.17) is 0 Å². The van der Waals surface area contributed by atoms with Gasteiger partial charge in [0.1, 0.15) is 11.3 Å². The first-order valence-electron chi connectivity index (χ1n) is 7.95. The van der Waals surface area contributed by atoms with Gasteiger partial charge in [-0.1, -0.05) is 32.3 Å². The molecule has 4 nitrogen and oxygen atoms in total. The smallest absolute Gasteiger partial charge is 0.272 e. The summed E-state index contributed by atoms with van der Waals surface area (Å²) >= 11 is 0. The number of aromatic nitrogens is 2. The summed E-state index contributed by atoms with van der Waals surface area (Å²) in [6.07, 6.45) is 8.73. The van der Waals surface area contributed by atoms with Crippen LogP contribution < -0.4 is 0 Å². The number of fused-ring (bicyclic) bond motifs is 1. The Morgan fingerprint density at radius 1 is 1.33 bits per heavy atom. The van der Waals surface area contributed by atoms with Gasteiger partial charge in [-0.25, -0.2) is 4.98 Å². The van der Waals surface area contributed by atoms with Crippen LogP contribution >= 0.6 is 0 Å². The van der Waals surface area contributed by atoms with Crippen LogP contribution in [-0.2, 0) is 6.42 Å². The lowest BCUT2D eigenvalue weighted by molar-refractivity contribution is 0.0688. The number of hydrogen-bond donors (Lipinski definition) is 0. The molecule has 1 fully saturated rings. The molecule has 3 rings (SSSR count). The van der Waals surface area contributed by atoms with E-state index < -0.39 is 0 Å². The quantitative estimate of drug-likeness (QED) is 0.867. The molecule has 1 amide bonds. The number of hydrogen-bond acceptors (Lipinski definition) is 2. The summed E-state index contributed by atoms with van der Waals surface area (Å²) in [5.41, 5.74) is 2.49. The number of carbonyl (C=O) groups excluding carboxylic acids is 1. The van der Waals surface area contributed by atoms with Gasteiger partial charge in [0.2, 0.25) is 0 Å². The minimum Gasteiger partial charge on any atom is -0.337 e. The summed E-state index contributed by atoms with van der Waals surface area (Å²) in [6.45, 7) is 2.05. The van der Waals surface area contributed by atoms with E-state index in [0.29, 0.717) is 6.04 Å². The van der Waals surface area contributed by atoms with Crippen molar-refractivity contribution < 1.29 is 4.79 Å². The lowest BCUT2D eigenvalue weighted by Crippen LogP contribution is -2.39. The summed E-state index contributed by atoms with van der Waals surface area (Å²) in [5.74, 6) is 0.109. The fourth-order valence-electron chi connectivity index (χ4n) is 3.32. The van der Waals surface area contributed by atoms with Crippen molar-refractivity contribution in [1.29, 1.82) is 0 Å². The summed E-state index contributed by atoms with van der Waals surface area (Å²) < 4.78 is 1.93. The third-order valence-electron chi connectivity index (χ3n) is 4.58. The first kappa shape index (κ1) is 14.1. The molecule has 0 N–H and O–H groups in total. The van der Waals surface area contributed by atoms with Crippen LogP contribution in [0.4, 0.5) is 0 Å². The van der Waals surface area contributed by atoms with Crippen LogP contribution in [0.15, 0.2) is 24.4 Å². The van der Waals surface area contributed by atoms with Gasteiger partial charge in [-0.3, -0.25) is 9.20 Å². The van der Waals surface area contributed by atoms with Crippen LogP contribution in [-0.4, -0.2) is 33.3 Å². The molecule has 0 atom stereocenters. The van der Waals surface area contributed by atoms with Gasteiger partial charge >= 0.3 is 0 Å². The van der Waals surface area contributed by atoms with E-state index >= 15 is 0 Å². The van der Waals surface area contributed by atoms with Gasteiger partial charge in [0.05, 0.1) is 5.69 Å². The van der Waals surface area contributed by atoms with E-state index in [9.17, 15) is 4.79 Å². The zero-order valence-electron chi connectivity index (χ0n) is 12.9. The SMILES string of the molecule is CCc1nc2ccccn2c1C(=O)N(C)C1CCCCC1. The molecular weight excluding hydrogens is 262 g/mol. The van der Waals surface area contributed by atoms with Crippen molar-refractivity contribution in [3.05, 3.63) is 35.8 Å². The van der Waals surface area contributed by atoms with E-state index in [1.165, 1.54) is 19.3 Å². The van der Waals surface area contributed by atoms with Gasteiger partial charge in [0, 0.05) is 19.3 Å². The van der Waals surface area contributed by atoms with Crippen LogP contribution in [0, 0.1) is 0 Å². The number of imidazole rings is 1. The first-order chi connectivity index (χ1) is 10.2. The molecule has 0 aliphatic heterocycles. The number of amides is 1. The highest BCUT2D eigenvalue weighted by Crippen LogP contribution is 2.24. The third-order valence-corrected chi connectivity index (χ3v) is 4.58. The Hall–Kier alpha value is -1.84. The molecule has 0 bridgehead atoms. The van der Waals surface area contributed by atoms with Gasteiger partial charge in [-0.15, -0.1) is 0 Å². The molecule has 1 saturated carbocycles. The summed E-state index contributed by atoms with van der Waals surface area (Å²) in [5, 5.41) is 0. The Morgan fingerprint density at radius 3 is 2.81 bits per heavy atom. The molecule has 112 valence electrons. The van der Waals surface area contributed by atoms with Crippen LogP contribution in [0.3, 0.4) is 0 Å². The van der Waals surface area contributed by atoms with Crippen molar-refractivity contribution in [2.75, 3.05) is 7.05 Å². The normalized spacial score (nSPS) is 16.3. The van der Waals surface area contributed by atoms with Crippen molar-refractivity contribution in [3.8, 4) is 0 Å². The maximum absolute atomic E-state index is 13.0. The first-order valence-corrected chi connectivity index (χ1v) is 7.95. The predicted octanol–water partition coefficient (Wildman–Crippen LogP) is 3.30. The maximum Gasteiger partial charge on any atom is 0.272 e. The maximum atomic E-state index is 13.0. The van der Waals surface area contributed by atoms with Gasteiger partial charge in [-0.2, -0.15) is 0 Å². The van der Waals surface area contributed by atoms with E-state index in [2.05, 4.69) is 11.9 Å². The minimum absolute atomic E-state index is 0.109. The number of rotatable bonds is 3. The summed E-state index contributed by atoms with van der Waals surface area (Å²) in [7, 11) is 1.94. The topological polar surface area (TPSA) is 37.6 Å². The fraction of sp³-hybridized carbons (Fsp3) is 0.529. The second-order valence-corrected chi connectivity index (χ2v) is 5.90. The zero-order chi connectivity index (χ0) is 14.8. The lowest BCUT2D eigenvalue weighted by atomic mass is 9.94. The molecule has 2 aromatic rings. The molecule has 4 heteroatoms. The Morgan fingerprint density at radius 2 is 2.10 bits per heavy atom. The highest BCUT2D eigenvalue weighted by atomic mass is 16.2. The predicted molar refractivity (Wildman–Crippen MR) is 83.5 cm³/mol. The van der Waals surface area contributed by atoms with Crippen molar-refractivity contribution in [2.45, 2.75) is 51.5 Å². The van der Waals surface area contributed by atoms with Crippen molar-refractivity contribution in [1.82, 2.24) is 14.3 Å². The fourth-order valence-corrected chi connectivity index (χ4v) is 3.32. The number of carbonyl (C=O) groups is 1. The molecule has 0 saturated heterocycles. The molecule has 0 aromatic carbocycles. The lowest BCUT2D eigenvalue weighted by Gasteiger charge is -2.31. The molecule has 21 heavy (non-hydrogen) atoms. The van der Waals surface area contributed by atoms with Crippen molar-refractivity contribution in [3.63, 3.8) is 0 Å². The highest BCUT2D eigenvalue weighted by molar-refractivity contribution is 5.94. The highest BCUT2D eigenvalue weighted by Gasteiger charge is 2.27. The van der Waals surface area contributed by atoms with E-state index in [0.717, 1.165) is 36.3 Å².